The van der Waals surface area contributed by atoms with Gasteiger partial charge in [-0.25, -0.2) is 9.78 Å². The quantitative estimate of drug-likeness (QED) is 0.904. The predicted octanol–water partition coefficient (Wildman–Crippen LogP) is 2.36. The molecule has 1 aromatic carbocycles. The van der Waals surface area contributed by atoms with Gasteiger partial charge in [0.1, 0.15) is 0 Å². The van der Waals surface area contributed by atoms with E-state index in [0.29, 0.717) is 12.2 Å². The lowest BCUT2D eigenvalue weighted by Crippen LogP contribution is -2.22. The molecule has 0 bridgehead atoms. The van der Waals surface area contributed by atoms with Crippen LogP contribution in [0.1, 0.15) is 17.3 Å². The van der Waals surface area contributed by atoms with Crippen LogP contribution in [0.4, 0.5) is 11.5 Å². The van der Waals surface area contributed by atoms with Crippen molar-refractivity contribution in [3.8, 4) is 0 Å². The number of rotatable bonds is 4. The third kappa shape index (κ3) is 2.80. The average Bonchev–Trinajstić information content (AvgIpc) is 2.43. The van der Waals surface area contributed by atoms with Crippen LogP contribution in [0.15, 0.2) is 35.4 Å². The summed E-state index contributed by atoms with van der Waals surface area (Å²) in [6, 6.07) is 4.21. The third-order valence-corrected chi connectivity index (χ3v) is 3.04. The first kappa shape index (κ1) is 14.1. The Labute approximate surface area is 119 Å². The molecule has 0 radical (unpaired) electrons. The summed E-state index contributed by atoms with van der Waals surface area (Å²) in [5, 5.41) is 11.9. The molecule has 104 valence electrons. The number of hydrogen-bond acceptors (Lipinski definition) is 4. The number of nitrogens with one attached hydrogen (secondary N) is 1. The number of anilines is 2. The average molecular weight is 294 g/mol. The molecule has 6 nitrogen and oxygen atoms in total. The van der Waals surface area contributed by atoms with Crippen LogP contribution in [-0.2, 0) is 6.54 Å². The molecular weight excluding hydrogens is 282 g/mol. The van der Waals surface area contributed by atoms with Crippen LogP contribution >= 0.6 is 11.6 Å². The molecule has 7 heteroatoms. The summed E-state index contributed by atoms with van der Waals surface area (Å²) >= 11 is 5.99. The number of carbonyl (C=O) groups is 1. The summed E-state index contributed by atoms with van der Waals surface area (Å²) in [4.78, 5) is 26.8. The summed E-state index contributed by atoms with van der Waals surface area (Å²) in [7, 11) is 0. The van der Waals surface area contributed by atoms with Gasteiger partial charge in [-0.1, -0.05) is 11.6 Å². The van der Waals surface area contributed by atoms with Crippen LogP contribution in [0.3, 0.4) is 0 Å². The molecule has 0 atom stereocenters. The summed E-state index contributed by atoms with van der Waals surface area (Å²) in [5.74, 6) is -0.927. The van der Waals surface area contributed by atoms with Crippen LogP contribution < -0.4 is 10.9 Å². The van der Waals surface area contributed by atoms with Crippen molar-refractivity contribution in [1.29, 1.82) is 0 Å². The Morgan fingerprint density at radius 2 is 2.25 bits per heavy atom. The maximum Gasteiger partial charge on any atom is 0.335 e. The Kier molecular flexibility index (Phi) is 4.05. The van der Waals surface area contributed by atoms with Gasteiger partial charge < -0.3 is 15.0 Å². The fourth-order valence-corrected chi connectivity index (χ4v) is 1.89. The molecule has 20 heavy (non-hydrogen) atoms. The lowest BCUT2D eigenvalue weighted by Gasteiger charge is -2.09. The van der Waals surface area contributed by atoms with E-state index in [9.17, 15) is 9.59 Å². The fraction of sp³-hybridized carbons (Fsp3) is 0.154. The molecule has 2 rings (SSSR count). The van der Waals surface area contributed by atoms with Crippen LogP contribution in [0, 0.1) is 0 Å². The summed E-state index contributed by atoms with van der Waals surface area (Å²) < 4.78 is 1.49. The van der Waals surface area contributed by atoms with Crippen LogP contribution in [0.2, 0.25) is 5.02 Å². The number of aryl methyl sites for hydroxylation is 1. The zero-order valence-electron chi connectivity index (χ0n) is 10.6. The van der Waals surface area contributed by atoms with Crippen molar-refractivity contribution < 1.29 is 9.90 Å². The number of hydrogen-bond donors (Lipinski definition) is 2. The highest BCUT2D eigenvalue weighted by atomic mass is 35.5. The molecule has 0 saturated heterocycles. The Morgan fingerprint density at radius 3 is 2.85 bits per heavy atom. The molecule has 0 amide bonds. The van der Waals surface area contributed by atoms with Gasteiger partial charge in [0.2, 0.25) is 0 Å². The van der Waals surface area contributed by atoms with Crippen LogP contribution in [0.5, 0.6) is 0 Å². The molecular formula is C13H12ClN3O3. The molecule has 0 saturated carbocycles. The van der Waals surface area contributed by atoms with Crippen molar-refractivity contribution in [3.63, 3.8) is 0 Å². The predicted molar refractivity (Wildman–Crippen MR) is 75.9 cm³/mol. The van der Waals surface area contributed by atoms with Crippen molar-refractivity contribution in [1.82, 2.24) is 9.55 Å². The minimum Gasteiger partial charge on any atom is -0.478 e. The second kappa shape index (κ2) is 5.75. The molecule has 0 fully saturated rings. The Bertz CT molecular complexity index is 712. The second-order valence-corrected chi connectivity index (χ2v) is 4.40. The highest BCUT2D eigenvalue weighted by Crippen LogP contribution is 2.24. The van der Waals surface area contributed by atoms with E-state index in [1.54, 1.807) is 6.20 Å². The van der Waals surface area contributed by atoms with E-state index in [1.807, 2.05) is 6.92 Å². The van der Waals surface area contributed by atoms with E-state index in [1.165, 1.54) is 29.0 Å². The minimum atomic E-state index is -1.07. The molecule has 0 aliphatic carbocycles. The summed E-state index contributed by atoms with van der Waals surface area (Å²) in [6.07, 6.45) is 3.09. The highest BCUT2D eigenvalue weighted by molar-refractivity contribution is 6.33. The molecule has 0 unspecified atom stereocenters. The first-order valence-electron chi connectivity index (χ1n) is 5.88. The van der Waals surface area contributed by atoms with Gasteiger partial charge in [0, 0.05) is 18.9 Å². The van der Waals surface area contributed by atoms with Gasteiger partial charge in [-0.05, 0) is 25.1 Å². The maximum absolute atomic E-state index is 12.0. The number of carboxylic acid groups (broad SMARTS) is 1. The van der Waals surface area contributed by atoms with E-state index in [0.717, 1.165) is 0 Å². The van der Waals surface area contributed by atoms with Gasteiger partial charge in [-0.15, -0.1) is 0 Å². The van der Waals surface area contributed by atoms with E-state index in [2.05, 4.69) is 10.3 Å². The van der Waals surface area contributed by atoms with Gasteiger partial charge in [0.05, 0.1) is 16.3 Å². The highest BCUT2D eigenvalue weighted by Gasteiger charge is 2.10. The smallest absolute Gasteiger partial charge is 0.335 e. The standard InChI is InChI=1S/C13H12ClN3O3/c1-2-17-6-5-15-11(12(17)18)16-10-4-3-8(13(19)20)7-9(10)14/h3-7H,2H2,1H3,(H,15,16)(H,19,20). The van der Waals surface area contributed by atoms with Crippen molar-refractivity contribution in [3.05, 3.63) is 51.5 Å². The lowest BCUT2D eigenvalue weighted by atomic mass is 10.2. The Morgan fingerprint density at radius 1 is 1.50 bits per heavy atom. The van der Waals surface area contributed by atoms with E-state index < -0.39 is 5.97 Å². The van der Waals surface area contributed by atoms with Gasteiger partial charge in [-0.2, -0.15) is 0 Å². The third-order valence-electron chi connectivity index (χ3n) is 2.72. The first-order valence-corrected chi connectivity index (χ1v) is 6.26. The molecule has 1 heterocycles. The van der Waals surface area contributed by atoms with Crippen LogP contribution in [-0.4, -0.2) is 20.6 Å². The topological polar surface area (TPSA) is 84.2 Å². The maximum atomic E-state index is 12.0. The van der Waals surface area contributed by atoms with Gasteiger partial charge >= 0.3 is 5.97 Å². The fourth-order valence-electron chi connectivity index (χ4n) is 1.66. The number of halogens is 1. The molecule has 0 aliphatic rings. The monoisotopic (exact) mass is 293 g/mol. The first-order chi connectivity index (χ1) is 9.52. The molecule has 0 spiro atoms. The number of nitrogens with zero attached hydrogens (tertiary/aromatic N) is 2. The van der Waals surface area contributed by atoms with Gasteiger partial charge in [0.25, 0.3) is 5.56 Å². The van der Waals surface area contributed by atoms with E-state index in [-0.39, 0.29) is 22.0 Å². The Balaban J connectivity index is 2.36. The Hall–Kier alpha value is -2.34. The van der Waals surface area contributed by atoms with Gasteiger partial charge in [-0.3, -0.25) is 4.79 Å². The van der Waals surface area contributed by atoms with E-state index in [4.69, 9.17) is 16.7 Å². The summed E-state index contributed by atoms with van der Waals surface area (Å²) in [5.41, 5.74) is 0.232. The number of aromatic carboxylic acids is 1. The minimum absolute atomic E-state index is 0.0764. The van der Waals surface area contributed by atoms with Crippen LogP contribution in [0.25, 0.3) is 0 Å². The normalized spacial score (nSPS) is 10.3. The molecule has 1 aromatic heterocycles. The zero-order chi connectivity index (χ0) is 14.7. The second-order valence-electron chi connectivity index (χ2n) is 3.99. The number of aromatic nitrogens is 2. The van der Waals surface area contributed by atoms with Crippen molar-refractivity contribution >= 4 is 29.1 Å². The zero-order valence-corrected chi connectivity index (χ0v) is 11.4. The molecule has 2 N–H and O–H groups in total. The van der Waals surface area contributed by atoms with Crippen molar-refractivity contribution in [2.45, 2.75) is 13.5 Å². The van der Waals surface area contributed by atoms with Gasteiger partial charge in [0.15, 0.2) is 5.82 Å². The van der Waals surface area contributed by atoms with Crippen molar-refractivity contribution in [2.75, 3.05) is 5.32 Å². The molecule has 0 aliphatic heterocycles. The largest absolute Gasteiger partial charge is 0.478 e. The number of benzene rings is 1. The lowest BCUT2D eigenvalue weighted by molar-refractivity contribution is 0.0697. The van der Waals surface area contributed by atoms with Crippen molar-refractivity contribution in [2.24, 2.45) is 0 Å². The molecule has 2 aromatic rings. The SMILES string of the molecule is CCn1ccnc(Nc2ccc(C(=O)O)cc2Cl)c1=O. The van der Waals surface area contributed by atoms with E-state index >= 15 is 0 Å². The number of carboxylic acids is 1. The summed E-state index contributed by atoms with van der Waals surface area (Å²) in [6.45, 7) is 2.38.